The van der Waals surface area contributed by atoms with Gasteiger partial charge in [0.1, 0.15) is 5.69 Å². The SMILES string of the molecule is O=C(CNC(=O)c1ccc[nH]1)c1ccccc1. The highest BCUT2D eigenvalue weighted by Gasteiger charge is 2.09. The maximum Gasteiger partial charge on any atom is 0.268 e. The highest BCUT2D eigenvalue weighted by molar-refractivity contribution is 6.01. The Labute approximate surface area is 98.7 Å². The van der Waals surface area contributed by atoms with E-state index in [4.69, 9.17) is 0 Å². The van der Waals surface area contributed by atoms with Gasteiger partial charge in [-0.1, -0.05) is 30.3 Å². The van der Waals surface area contributed by atoms with Crippen molar-refractivity contribution in [1.82, 2.24) is 10.3 Å². The Kier molecular flexibility index (Phi) is 3.35. The largest absolute Gasteiger partial charge is 0.357 e. The maximum absolute atomic E-state index is 11.7. The second-order valence-corrected chi connectivity index (χ2v) is 3.56. The molecule has 1 heterocycles. The van der Waals surface area contributed by atoms with Gasteiger partial charge in [-0.05, 0) is 12.1 Å². The zero-order chi connectivity index (χ0) is 12.1. The molecule has 1 amide bonds. The maximum atomic E-state index is 11.7. The van der Waals surface area contributed by atoms with Gasteiger partial charge < -0.3 is 10.3 Å². The van der Waals surface area contributed by atoms with E-state index in [-0.39, 0.29) is 18.2 Å². The van der Waals surface area contributed by atoms with E-state index in [0.717, 1.165) is 0 Å². The molecule has 0 aliphatic heterocycles. The van der Waals surface area contributed by atoms with Gasteiger partial charge in [0.15, 0.2) is 5.78 Å². The van der Waals surface area contributed by atoms with Gasteiger partial charge in [-0.3, -0.25) is 9.59 Å². The Morgan fingerprint density at radius 2 is 1.82 bits per heavy atom. The minimum Gasteiger partial charge on any atom is -0.357 e. The van der Waals surface area contributed by atoms with Gasteiger partial charge in [0.2, 0.25) is 0 Å². The molecule has 86 valence electrons. The van der Waals surface area contributed by atoms with Crippen molar-refractivity contribution in [3.63, 3.8) is 0 Å². The number of hydrogen-bond donors (Lipinski definition) is 2. The number of carbonyl (C=O) groups excluding carboxylic acids is 2. The third kappa shape index (κ3) is 2.81. The number of aromatic amines is 1. The fourth-order valence-corrected chi connectivity index (χ4v) is 1.45. The van der Waals surface area contributed by atoms with E-state index in [0.29, 0.717) is 11.3 Å². The van der Waals surface area contributed by atoms with E-state index in [1.54, 1.807) is 42.6 Å². The zero-order valence-corrected chi connectivity index (χ0v) is 9.14. The second-order valence-electron chi connectivity index (χ2n) is 3.56. The summed E-state index contributed by atoms with van der Waals surface area (Å²) in [6.07, 6.45) is 1.66. The molecule has 4 nitrogen and oxygen atoms in total. The van der Waals surface area contributed by atoms with Crippen LogP contribution in [0.4, 0.5) is 0 Å². The van der Waals surface area contributed by atoms with Crippen LogP contribution in [0.15, 0.2) is 48.7 Å². The van der Waals surface area contributed by atoms with Gasteiger partial charge in [0, 0.05) is 11.8 Å². The molecule has 0 spiro atoms. The number of benzene rings is 1. The van der Waals surface area contributed by atoms with Crippen LogP contribution in [0.25, 0.3) is 0 Å². The van der Waals surface area contributed by atoms with Crippen LogP contribution in [0.2, 0.25) is 0 Å². The summed E-state index contributed by atoms with van der Waals surface area (Å²) < 4.78 is 0. The number of nitrogens with one attached hydrogen (secondary N) is 2. The lowest BCUT2D eigenvalue weighted by molar-refractivity contribution is 0.0901. The van der Waals surface area contributed by atoms with Crippen LogP contribution in [0, 0.1) is 0 Å². The number of hydrogen-bond acceptors (Lipinski definition) is 2. The van der Waals surface area contributed by atoms with Crippen molar-refractivity contribution in [1.29, 1.82) is 0 Å². The molecule has 0 atom stereocenters. The molecule has 0 saturated carbocycles. The first-order chi connectivity index (χ1) is 8.27. The number of amides is 1. The van der Waals surface area contributed by atoms with E-state index >= 15 is 0 Å². The first-order valence-electron chi connectivity index (χ1n) is 5.27. The quantitative estimate of drug-likeness (QED) is 0.781. The molecule has 2 aromatic rings. The monoisotopic (exact) mass is 228 g/mol. The van der Waals surface area contributed by atoms with E-state index in [1.807, 2.05) is 6.07 Å². The van der Waals surface area contributed by atoms with Crippen LogP contribution in [0.1, 0.15) is 20.8 Å². The van der Waals surface area contributed by atoms with Crippen LogP contribution < -0.4 is 5.32 Å². The molecular weight excluding hydrogens is 216 g/mol. The minimum absolute atomic E-state index is 0.00185. The minimum atomic E-state index is -0.278. The number of carbonyl (C=O) groups is 2. The van der Waals surface area contributed by atoms with Gasteiger partial charge in [-0.15, -0.1) is 0 Å². The molecule has 4 heteroatoms. The number of ketones is 1. The molecule has 0 fully saturated rings. The number of rotatable bonds is 4. The summed E-state index contributed by atoms with van der Waals surface area (Å²) in [5.74, 6) is -0.384. The van der Waals surface area contributed by atoms with E-state index < -0.39 is 0 Å². The first-order valence-corrected chi connectivity index (χ1v) is 5.27. The van der Waals surface area contributed by atoms with Crippen LogP contribution in [-0.4, -0.2) is 23.2 Å². The highest BCUT2D eigenvalue weighted by Crippen LogP contribution is 1.99. The van der Waals surface area contributed by atoms with Crippen LogP contribution in [0.5, 0.6) is 0 Å². The van der Waals surface area contributed by atoms with Crippen molar-refractivity contribution < 1.29 is 9.59 Å². The Bertz CT molecular complexity index is 503. The second kappa shape index (κ2) is 5.12. The molecule has 0 radical (unpaired) electrons. The average molecular weight is 228 g/mol. The molecule has 2 N–H and O–H groups in total. The molecule has 0 bridgehead atoms. The van der Waals surface area contributed by atoms with Gasteiger partial charge in [0.25, 0.3) is 5.91 Å². The summed E-state index contributed by atoms with van der Waals surface area (Å²) in [7, 11) is 0. The van der Waals surface area contributed by atoms with Crippen LogP contribution in [0.3, 0.4) is 0 Å². The molecular formula is C13H12N2O2. The average Bonchev–Trinajstić information content (AvgIpc) is 2.90. The molecule has 0 unspecified atom stereocenters. The van der Waals surface area contributed by atoms with Gasteiger partial charge >= 0.3 is 0 Å². The predicted octanol–water partition coefficient (Wildman–Crippen LogP) is 1.63. The fourth-order valence-electron chi connectivity index (χ4n) is 1.45. The topological polar surface area (TPSA) is 62.0 Å². The summed E-state index contributed by atoms with van der Waals surface area (Å²) in [5, 5.41) is 2.56. The summed E-state index contributed by atoms with van der Waals surface area (Å²) in [6, 6.07) is 12.3. The van der Waals surface area contributed by atoms with Crippen molar-refractivity contribution in [2.45, 2.75) is 0 Å². The molecule has 0 aliphatic rings. The standard InChI is InChI=1S/C13H12N2O2/c16-12(10-5-2-1-3-6-10)9-15-13(17)11-7-4-8-14-11/h1-8,14H,9H2,(H,15,17). The molecule has 2 rings (SSSR count). The molecule has 17 heavy (non-hydrogen) atoms. The van der Waals surface area contributed by atoms with Gasteiger partial charge in [0.05, 0.1) is 6.54 Å². The number of H-pyrrole nitrogens is 1. The Balaban J connectivity index is 1.91. The summed E-state index contributed by atoms with van der Waals surface area (Å²) in [4.78, 5) is 26.0. The Hall–Kier alpha value is -2.36. The zero-order valence-electron chi connectivity index (χ0n) is 9.14. The first kappa shape index (κ1) is 11.1. The van der Waals surface area contributed by atoms with Crippen molar-refractivity contribution in [3.05, 3.63) is 59.9 Å². The Morgan fingerprint density at radius 3 is 2.47 bits per heavy atom. The van der Waals surface area contributed by atoms with Crippen LogP contribution in [-0.2, 0) is 0 Å². The van der Waals surface area contributed by atoms with E-state index in [2.05, 4.69) is 10.3 Å². The Morgan fingerprint density at radius 1 is 1.06 bits per heavy atom. The normalized spacial score (nSPS) is 9.88. The molecule has 1 aromatic heterocycles. The molecule has 1 aromatic carbocycles. The van der Waals surface area contributed by atoms with Crippen molar-refractivity contribution in [2.24, 2.45) is 0 Å². The van der Waals surface area contributed by atoms with Crippen molar-refractivity contribution in [3.8, 4) is 0 Å². The molecule has 0 saturated heterocycles. The van der Waals surface area contributed by atoms with Gasteiger partial charge in [-0.25, -0.2) is 0 Å². The smallest absolute Gasteiger partial charge is 0.268 e. The number of Topliss-reactive ketones (excluding diaryl/α,β-unsaturated/α-hetero) is 1. The van der Waals surface area contributed by atoms with E-state index in [1.165, 1.54) is 0 Å². The van der Waals surface area contributed by atoms with E-state index in [9.17, 15) is 9.59 Å². The van der Waals surface area contributed by atoms with Crippen LogP contribution >= 0.6 is 0 Å². The lowest BCUT2D eigenvalue weighted by Gasteiger charge is -2.03. The lowest BCUT2D eigenvalue weighted by Crippen LogP contribution is -2.29. The van der Waals surface area contributed by atoms with Gasteiger partial charge in [-0.2, -0.15) is 0 Å². The summed E-state index contributed by atoms with van der Waals surface area (Å²) >= 11 is 0. The van der Waals surface area contributed by atoms with Crippen molar-refractivity contribution >= 4 is 11.7 Å². The number of aromatic nitrogens is 1. The third-order valence-corrected chi connectivity index (χ3v) is 2.35. The summed E-state index contributed by atoms with van der Waals surface area (Å²) in [5.41, 5.74) is 1.05. The predicted molar refractivity (Wildman–Crippen MR) is 63.9 cm³/mol. The fraction of sp³-hybridized carbons (Fsp3) is 0.0769. The third-order valence-electron chi connectivity index (χ3n) is 2.35. The highest BCUT2D eigenvalue weighted by atomic mass is 16.2. The summed E-state index contributed by atoms with van der Waals surface area (Å²) in [6.45, 7) is 0.00185. The van der Waals surface area contributed by atoms with Crippen molar-refractivity contribution in [2.75, 3.05) is 6.54 Å². The molecule has 0 aliphatic carbocycles. The lowest BCUT2D eigenvalue weighted by atomic mass is 10.1.